The van der Waals surface area contributed by atoms with E-state index in [2.05, 4.69) is 17.4 Å². The van der Waals surface area contributed by atoms with Crippen LogP contribution in [0.5, 0.6) is 5.75 Å². The first kappa shape index (κ1) is 17.8. The van der Waals surface area contributed by atoms with Crippen LogP contribution in [-0.4, -0.2) is 31.6 Å². The van der Waals surface area contributed by atoms with Crippen molar-refractivity contribution in [2.75, 3.05) is 20.7 Å². The van der Waals surface area contributed by atoms with Gasteiger partial charge in [-0.25, -0.2) is 9.18 Å². The van der Waals surface area contributed by atoms with Crippen LogP contribution in [0.4, 0.5) is 9.18 Å². The van der Waals surface area contributed by atoms with E-state index in [4.69, 9.17) is 4.74 Å². The maximum atomic E-state index is 13.7. The first-order chi connectivity index (χ1) is 11.6. The Morgan fingerprint density at radius 2 is 1.92 bits per heavy atom. The van der Waals surface area contributed by atoms with Crippen LogP contribution < -0.4 is 10.1 Å². The summed E-state index contributed by atoms with van der Waals surface area (Å²) in [6.45, 7) is 0.945. The van der Waals surface area contributed by atoms with Crippen LogP contribution in [0.2, 0.25) is 0 Å². The van der Waals surface area contributed by atoms with E-state index in [9.17, 15) is 9.18 Å². The standard InChI is InChI=1S/C19H23FN2O2/c1-22(14-16-10-11-18(24-2)17(20)13-16)19(23)21-12-6-9-15-7-4-3-5-8-15/h3-5,7-8,10-11,13H,6,9,12,14H2,1-2H3,(H,21,23). The van der Waals surface area contributed by atoms with Crippen molar-refractivity contribution in [3.8, 4) is 5.75 Å². The molecule has 2 amide bonds. The molecule has 0 spiro atoms. The van der Waals surface area contributed by atoms with Crippen molar-refractivity contribution >= 4 is 6.03 Å². The SMILES string of the molecule is COc1ccc(CN(C)C(=O)NCCCc2ccccc2)cc1F. The molecule has 0 aliphatic rings. The normalized spacial score (nSPS) is 10.3. The highest BCUT2D eigenvalue weighted by Gasteiger charge is 2.10. The average molecular weight is 330 g/mol. The predicted octanol–water partition coefficient (Wildman–Crippen LogP) is 3.61. The molecule has 2 aromatic carbocycles. The minimum atomic E-state index is -0.424. The van der Waals surface area contributed by atoms with Crippen LogP contribution in [0.3, 0.4) is 0 Å². The fraction of sp³-hybridized carbons (Fsp3) is 0.316. The molecule has 1 N–H and O–H groups in total. The molecule has 5 heteroatoms. The lowest BCUT2D eigenvalue weighted by molar-refractivity contribution is 0.206. The number of urea groups is 1. The number of methoxy groups -OCH3 is 1. The number of hydrogen-bond acceptors (Lipinski definition) is 2. The second-order valence-electron chi connectivity index (χ2n) is 5.65. The van der Waals surface area contributed by atoms with Gasteiger partial charge in [0, 0.05) is 20.1 Å². The number of ether oxygens (including phenoxy) is 1. The minimum Gasteiger partial charge on any atom is -0.494 e. The number of hydrogen-bond donors (Lipinski definition) is 1. The minimum absolute atomic E-state index is 0.167. The van der Waals surface area contributed by atoms with Gasteiger partial charge in [-0.2, -0.15) is 0 Å². The van der Waals surface area contributed by atoms with Crippen molar-refractivity contribution in [2.24, 2.45) is 0 Å². The van der Waals surface area contributed by atoms with E-state index in [-0.39, 0.29) is 11.8 Å². The topological polar surface area (TPSA) is 41.6 Å². The van der Waals surface area contributed by atoms with E-state index >= 15 is 0 Å². The summed E-state index contributed by atoms with van der Waals surface area (Å²) in [4.78, 5) is 13.6. The number of amides is 2. The van der Waals surface area contributed by atoms with E-state index in [0.717, 1.165) is 18.4 Å². The zero-order chi connectivity index (χ0) is 17.4. The molecule has 128 valence electrons. The van der Waals surface area contributed by atoms with Gasteiger partial charge in [0.25, 0.3) is 0 Å². The van der Waals surface area contributed by atoms with Crippen molar-refractivity contribution in [1.29, 1.82) is 0 Å². The van der Waals surface area contributed by atoms with Crippen LogP contribution >= 0.6 is 0 Å². The average Bonchev–Trinajstić information content (AvgIpc) is 2.59. The van der Waals surface area contributed by atoms with Gasteiger partial charge in [0.05, 0.1) is 7.11 Å². The van der Waals surface area contributed by atoms with Crippen LogP contribution in [-0.2, 0) is 13.0 Å². The van der Waals surface area contributed by atoms with E-state index < -0.39 is 5.82 Å². The molecule has 2 aromatic rings. The number of carbonyl (C=O) groups excluding carboxylic acids is 1. The summed E-state index contributed by atoms with van der Waals surface area (Å²) >= 11 is 0. The number of nitrogens with one attached hydrogen (secondary N) is 1. The third kappa shape index (κ3) is 5.26. The van der Waals surface area contributed by atoms with Crippen molar-refractivity contribution in [1.82, 2.24) is 10.2 Å². The summed E-state index contributed by atoms with van der Waals surface area (Å²) in [6.07, 6.45) is 1.80. The lowest BCUT2D eigenvalue weighted by Gasteiger charge is -2.18. The molecule has 0 bridgehead atoms. The Kier molecular flexibility index (Phi) is 6.61. The number of carbonyl (C=O) groups is 1. The summed E-state index contributed by atoms with van der Waals surface area (Å²) in [7, 11) is 3.11. The van der Waals surface area contributed by atoms with Crippen molar-refractivity contribution in [3.05, 3.63) is 65.5 Å². The zero-order valence-corrected chi connectivity index (χ0v) is 14.1. The first-order valence-electron chi connectivity index (χ1n) is 7.95. The molecule has 0 aliphatic heterocycles. The quantitative estimate of drug-likeness (QED) is 0.788. The number of nitrogens with zero attached hydrogens (tertiary/aromatic N) is 1. The van der Waals surface area contributed by atoms with Crippen LogP contribution in [0.1, 0.15) is 17.5 Å². The van der Waals surface area contributed by atoms with Gasteiger partial charge in [0.15, 0.2) is 11.6 Å². The Morgan fingerprint density at radius 1 is 1.17 bits per heavy atom. The maximum absolute atomic E-state index is 13.7. The highest BCUT2D eigenvalue weighted by molar-refractivity contribution is 5.73. The second-order valence-corrected chi connectivity index (χ2v) is 5.65. The number of rotatable bonds is 7. The number of halogens is 1. The third-order valence-electron chi connectivity index (χ3n) is 3.74. The molecule has 2 rings (SSSR count). The molecule has 4 nitrogen and oxygen atoms in total. The van der Waals surface area contributed by atoms with Gasteiger partial charge in [0.1, 0.15) is 0 Å². The predicted molar refractivity (Wildman–Crippen MR) is 92.6 cm³/mol. The van der Waals surface area contributed by atoms with Crippen molar-refractivity contribution < 1.29 is 13.9 Å². The monoisotopic (exact) mass is 330 g/mol. The molecular weight excluding hydrogens is 307 g/mol. The van der Waals surface area contributed by atoms with Crippen molar-refractivity contribution in [2.45, 2.75) is 19.4 Å². The van der Waals surface area contributed by atoms with E-state index in [0.29, 0.717) is 13.1 Å². The van der Waals surface area contributed by atoms with E-state index in [1.807, 2.05) is 18.2 Å². The maximum Gasteiger partial charge on any atom is 0.317 e. The van der Waals surface area contributed by atoms with E-state index in [1.165, 1.54) is 23.6 Å². The largest absolute Gasteiger partial charge is 0.494 e. The van der Waals surface area contributed by atoms with E-state index in [1.54, 1.807) is 19.2 Å². The Morgan fingerprint density at radius 3 is 2.58 bits per heavy atom. The molecule has 0 fully saturated rings. The summed E-state index contributed by atoms with van der Waals surface area (Å²) in [5.74, 6) is -0.224. The zero-order valence-electron chi connectivity index (χ0n) is 14.1. The summed E-state index contributed by atoms with van der Waals surface area (Å²) in [5.41, 5.74) is 1.98. The molecule has 0 heterocycles. The fourth-order valence-corrected chi connectivity index (χ4v) is 2.42. The Balaban J connectivity index is 1.74. The van der Waals surface area contributed by atoms with Crippen LogP contribution in [0, 0.1) is 5.82 Å². The van der Waals surface area contributed by atoms with Gasteiger partial charge in [-0.3, -0.25) is 0 Å². The molecule has 0 atom stereocenters. The molecule has 0 unspecified atom stereocenters. The number of benzene rings is 2. The molecule has 0 aromatic heterocycles. The first-order valence-corrected chi connectivity index (χ1v) is 7.95. The fourth-order valence-electron chi connectivity index (χ4n) is 2.42. The molecule has 24 heavy (non-hydrogen) atoms. The molecular formula is C19H23FN2O2. The van der Waals surface area contributed by atoms with Gasteiger partial charge in [0.2, 0.25) is 0 Å². The smallest absolute Gasteiger partial charge is 0.317 e. The van der Waals surface area contributed by atoms with Crippen molar-refractivity contribution in [3.63, 3.8) is 0 Å². The lowest BCUT2D eigenvalue weighted by atomic mass is 10.1. The Labute approximate surface area is 142 Å². The van der Waals surface area contributed by atoms with Gasteiger partial charge in [-0.1, -0.05) is 36.4 Å². The van der Waals surface area contributed by atoms with Gasteiger partial charge in [-0.15, -0.1) is 0 Å². The Hall–Kier alpha value is -2.56. The van der Waals surface area contributed by atoms with Gasteiger partial charge in [-0.05, 0) is 36.1 Å². The highest BCUT2D eigenvalue weighted by atomic mass is 19.1. The third-order valence-corrected chi connectivity index (χ3v) is 3.74. The molecule has 0 radical (unpaired) electrons. The van der Waals surface area contributed by atoms with Gasteiger partial charge >= 0.3 is 6.03 Å². The molecule has 0 saturated carbocycles. The lowest BCUT2D eigenvalue weighted by Crippen LogP contribution is -2.37. The summed E-state index contributed by atoms with van der Waals surface area (Å²) in [5, 5.41) is 2.88. The van der Waals surface area contributed by atoms with Gasteiger partial charge < -0.3 is 15.0 Å². The molecule has 0 saturated heterocycles. The number of aryl methyl sites for hydroxylation is 1. The second kappa shape index (κ2) is 8.91. The highest BCUT2D eigenvalue weighted by Crippen LogP contribution is 2.18. The van der Waals surface area contributed by atoms with Crippen LogP contribution in [0.25, 0.3) is 0 Å². The molecule has 0 aliphatic carbocycles. The summed E-state index contributed by atoms with van der Waals surface area (Å²) in [6, 6.07) is 14.7. The van der Waals surface area contributed by atoms with Crippen LogP contribution in [0.15, 0.2) is 48.5 Å². The summed E-state index contributed by atoms with van der Waals surface area (Å²) < 4.78 is 18.6. The Bertz CT molecular complexity index is 662.